The van der Waals surface area contributed by atoms with Crippen LogP contribution in [0.15, 0.2) is 42.5 Å². The summed E-state index contributed by atoms with van der Waals surface area (Å²) in [5.74, 6) is 1.75. The van der Waals surface area contributed by atoms with Crippen LogP contribution in [-0.4, -0.2) is 23.0 Å². The quantitative estimate of drug-likeness (QED) is 0.727. The van der Waals surface area contributed by atoms with Gasteiger partial charge in [-0.25, -0.2) is 4.98 Å². The number of hydrogen-bond donors (Lipinski definition) is 2. The number of ether oxygens (including phenoxy) is 1. The molecule has 2 N–H and O–H groups in total. The fourth-order valence-electron chi connectivity index (χ4n) is 2.62. The van der Waals surface area contributed by atoms with Gasteiger partial charge in [-0.3, -0.25) is 4.79 Å². The Labute approximate surface area is 141 Å². The molecule has 0 aliphatic carbocycles. The van der Waals surface area contributed by atoms with Crippen LogP contribution >= 0.6 is 0 Å². The van der Waals surface area contributed by atoms with E-state index in [0.29, 0.717) is 12.8 Å². The number of aryl methyl sites for hydroxylation is 2. The van der Waals surface area contributed by atoms with E-state index < -0.39 is 0 Å². The molecule has 0 atom stereocenters. The summed E-state index contributed by atoms with van der Waals surface area (Å²) in [5.41, 5.74) is 3.73. The molecule has 5 heteroatoms. The number of amides is 1. The van der Waals surface area contributed by atoms with Crippen LogP contribution in [0.1, 0.15) is 24.7 Å². The van der Waals surface area contributed by atoms with E-state index >= 15 is 0 Å². The van der Waals surface area contributed by atoms with E-state index in [0.717, 1.165) is 40.3 Å². The number of nitrogens with one attached hydrogen (secondary N) is 2. The lowest BCUT2D eigenvalue weighted by Gasteiger charge is -2.06. The number of carbonyl (C=O) groups is 1. The monoisotopic (exact) mass is 323 g/mol. The van der Waals surface area contributed by atoms with Crippen LogP contribution in [-0.2, 0) is 17.6 Å². The maximum atomic E-state index is 12.2. The molecule has 124 valence electrons. The van der Waals surface area contributed by atoms with E-state index in [1.807, 2.05) is 42.5 Å². The van der Waals surface area contributed by atoms with Crippen LogP contribution in [0.2, 0.25) is 0 Å². The predicted molar refractivity (Wildman–Crippen MR) is 95.4 cm³/mol. The molecule has 24 heavy (non-hydrogen) atoms. The van der Waals surface area contributed by atoms with Crippen molar-refractivity contribution in [1.82, 2.24) is 9.97 Å². The number of aromatic nitrogens is 2. The van der Waals surface area contributed by atoms with Crippen molar-refractivity contribution >= 4 is 22.6 Å². The first-order valence-electron chi connectivity index (χ1n) is 8.09. The second-order valence-corrected chi connectivity index (χ2v) is 5.67. The standard InChI is InChI=1S/C19H21N3O2/c1-3-18-21-16-9-8-14(12-17(16)22-18)20-19(23)10-7-13-5-4-6-15(11-13)24-2/h4-6,8-9,11-12H,3,7,10H2,1-2H3,(H,20,23)(H,21,22). The summed E-state index contributed by atoms with van der Waals surface area (Å²) in [7, 11) is 1.64. The van der Waals surface area contributed by atoms with Gasteiger partial charge in [0.2, 0.25) is 5.91 Å². The number of carbonyl (C=O) groups excluding carboxylic acids is 1. The summed E-state index contributed by atoms with van der Waals surface area (Å²) in [6.45, 7) is 2.05. The Kier molecular flexibility index (Phi) is 4.79. The topological polar surface area (TPSA) is 67.0 Å². The molecule has 1 heterocycles. The zero-order chi connectivity index (χ0) is 16.9. The molecule has 2 aromatic carbocycles. The van der Waals surface area contributed by atoms with Crippen LogP contribution in [0.5, 0.6) is 5.75 Å². The summed E-state index contributed by atoms with van der Waals surface area (Å²) >= 11 is 0. The molecule has 0 bridgehead atoms. The number of benzene rings is 2. The molecule has 0 aliphatic heterocycles. The molecule has 1 aromatic heterocycles. The lowest BCUT2D eigenvalue weighted by molar-refractivity contribution is -0.116. The van der Waals surface area contributed by atoms with E-state index in [9.17, 15) is 4.79 Å². The van der Waals surface area contributed by atoms with Gasteiger partial charge in [0.1, 0.15) is 11.6 Å². The van der Waals surface area contributed by atoms with Crippen molar-refractivity contribution in [2.45, 2.75) is 26.2 Å². The van der Waals surface area contributed by atoms with Crippen molar-refractivity contribution in [1.29, 1.82) is 0 Å². The van der Waals surface area contributed by atoms with Crippen LogP contribution in [0.25, 0.3) is 11.0 Å². The Bertz CT molecular complexity index is 855. The summed E-state index contributed by atoms with van der Waals surface area (Å²) in [5, 5.41) is 2.94. The second kappa shape index (κ2) is 7.17. The van der Waals surface area contributed by atoms with E-state index in [1.54, 1.807) is 7.11 Å². The van der Waals surface area contributed by atoms with Crippen LogP contribution in [0.4, 0.5) is 5.69 Å². The van der Waals surface area contributed by atoms with Gasteiger partial charge in [0.15, 0.2) is 0 Å². The summed E-state index contributed by atoms with van der Waals surface area (Å²) in [6, 6.07) is 13.5. The van der Waals surface area contributed by atoms with Crippen molar-refractivity contribution in [3.8, 4) is 5.75 Å². The van der Waals surface area contributed by atoms with E-state index in [1.165, 1.54) is 0 Å². The van der Waals surface area contributed by atoms with Crippen molar-refractivity contribution in [3.05, 3.63) is 53.9 Å². The zero-order valence-corrected chi connectivity index (χ0v) is 13.9. The molecule has 0 radical (unpaired) electrons. The Morgan fingerprint density at radius 1 is 1.25 bits per heavy atom. The van der Waals surface area contributed by atoms with Gasteiger partial charge in [-0.1, -0.05) is 19.1 Å². The van der Waals surface area contributed by atoms with Gasteiger partial charge in [0.25, 0.3) is 0 Å². The molecule has 0 spiro atoms. The van der Waals surface area contributed by atoms with Gasteiger partial charge in [0.05, 0.1) is 18.1 Å². The third kappa shape index (κ3) is 3.74. The smallest absolute Gasteiger partial charge is 0.224 e. The minimum absolute atomic E-state index is 0.00704. The lowest BCUT2D eigenvalue weighted by Crippen LogP contribution is -2.12. The fourth-order valence-corrected chi connectivity index (χ4v) is 2.62. The van der Waals surface area contributed by atoms with Gasteiger partial charge in [-0.15, -0.1) is 0 Å². The van der Waals surface area contributed by atoms with Gasteiger partial charge in [0, 0.05) is 18.5 Å². The Hall–Kier alpha value is -2.82. The third-order valence-electron chi connectivity index (χ3n) is 3.92. The maximum Gasteiger partial charge on any atom is 0.224 e. The highest BCUT2D eigenvalue weighted by Gasteiger charge is 2.06. The highest BCUT2D eigenvalue weighted by molar-refractivity contribution is 5.93. The number of fused-ring (bicyclic) bond motifs is 1. The number of rotatable bonds is 6. The summed E-state index contributed by atoms with van der Waals surface area (Å²) in [6.07, 6.45) is 1.96. The summed E-state index contributed by atoms with van der Waals surface area (Å²) in [4.78, 5) is 19.9. The van der Waals surface area contributed by atoms with Gasteiger partial charge >= 0.3 is 0 Å². The van der Waals surface area contributed by atoms with Crippen molar-refractivity contribution in [3.63, 3.8) is 0 Å². The molecule has 0 saturated heterocycles. The molecule has 0 saturated carbocycles. The molecule has 0 fully saturated rings. The molecule has 3 aromatic rings. The number of aromatic amines is 1. The van der Waals surface area contributed by atoms with Crippen LogP contribution in [0.3, 0.4) is 0 Å². The van der Waals surface area contributed by atoms with Crippen LogP contribution < -0.4 is 10.1 Å². The zero-order valence-electron chi connectivity index (χ0n) is 13.9. The number of imidazole rings is 1. The number of hydrogen-bond acceptors (Lipinski definition) is 3. The fraction of sp³-hybridized carbons (Fsp3) is 0.263. The average Bonchev–Trinajstić information content (AvgIpc) is 3.02. The van der Waals surface area contributed by atoms with Gasteiger partial charge < -0.3 is 15.0 Å². The van der Waals surface area contributed by atoms with E-state index in [-0.39, 0.29) is 5.91 Å². The largest absolute Gasteiger partial charge is 0.497 e. The number of nitrogens with zero attached hydrogens (tertiary/aromatic N) is 1. The summed E-state index contributed by atoms with van der Waals surface area (Å²) < 4.78 is 5.20. The second-order valence-electron chi connectivity index (χ2n) is 5.67. The maximum absolute atomic E-state index is 12.2. The van der Waals surface area contributed by atoms with Crippen LogP contribution in [0, 0.1) is 0 Å². The average molecular weight is 323 g/mol. The third-order valence-corrected chi connectivity index (χ3v) is 3.92. The van der Waals surface area contributed by atoms with E-state index in [4.69, 9.17) is 4.74 Å². The molecular weight excluding hydrogens is 302 g/mol. The molecule has 0 unspecified atom stereocenters. The first kappa shape index (κ1) is 16.1. The molecule has 0 aliphatic rings. The van der Waals surface area contributed by atoms with Crippen molar-refractivity contribution in [2.75, 3.05) is 12.4 Å². The number of anilines is 1. The predicted octanol–water partition coefficient (Wildman–Crippen LogP) is 3.71. The van der Waals surface area contributed by atoms with Gasteiger partial charge in [-0.05, 0) is 42.3 Å². The Morgan fingerprint density at radius 3 is 2.92 bits per heavy atom. The first-order valence-corrected chi connectivity index (χ1v) is 8.09. The van der Waals surface area contributed by atoms with Gasteiger partial charge in [-0.2, -0.15) is 0 Å². The minimum atomic E-state index is -0.00704. The normalized spacial score (nSPS) is 10.8. The molecule has 1 amide bonds. The Morgan fingerprint density at radius 2 is 2.12 bits per heavy atom. The minimum Gasteiger partial charge on any atom is -0.497 e. The first-order chi connectivity index (χ1) is 11.7. The van der Waals surface area contributed by atoms with Crippen molar-refractivity contribution in [2.24, 2.45) is 0 Å². The molecule has 5 nitrogen and oxygen atoms in total. The molecular formula is C19H21N3O2. The highest BCUT2D eigenvalue weighted by atomic mass is 16.5. The van der Waals surface area contributed by atoms with Crippen molar-refractivity contribution < 1.29 is 9.53 Å². The molecule has 3 rings (SSSR count). The van der Waals surface area contributed by atoms with E-state index in [2.05, 4.69) is 22.2 Å². The Balaban J connectivity index is 1.61. The SMILES string of the molecule is CCc1nc2ccc(NC(=O)CCc3cccc(OC)c3)cc2[nH]1. The number of methoxy groups -OCH3 is 1. The lowest BCUT2D eigenvalue weighted by atomic mass is 10.1. The highest BCUT2D eigenvalue weighted by Crippen LogP contribution is 2.18. The number of H-pyrrole nitrogens is 1.